The van der Waals surface area contributed by atoms with Crippen molar-refractivity contribution < 1.29 is 18.3 Å². The molecule has 1 aromatic rings. The minimum absolute atomic E-state index is 0.0854. The molecule has 1 N–H and O–H groups in total. The van der Waals surface area contributed by atoms with Crippen molar-refractivity contribution in [2.24, 2.45) is 0 Å². The lowest BCUT2D eigenvalue weighted by atomic mass is 10.0. The second kappa shape index (κ2) is 8.07. The van der Waals surface area contributed by atoms with E-state index in [1.807, 2.05) is 32.2 Å². The highest BCUT2D eigenvalue weighted by Crippen LogP contribution is 2.24. The van der Waals surface area contributed by atoms with Crippen LogP contribution in [0.2, 0.25) is 0 Å². The van der Waals surface area contributed by atoms with Gasteiger partial charge < -0.3 is 14.8 Å². The van der Waals surface area contributed by atoms with Gasteiger partial charge in [-0.25, -0.2) is 8.78 Å². The number of nitrogens with one attached hydrogen (secondary N) is 1. The number of halogens is 2. The van der Waals surface area contributed by atoms with Gasteiger partial charge >= 0.3 is 0 Å². The molecule has 0 aliphatic heterocycles. The van der Waals surface area contributed by atoms with E-state index in [1.165, 1.54) is 0 Å². The molecule has 0 aliphatic carbocycles. The predicted octanol–water partition coefficient (Wildman–Crippen LogP) is 2.94. The Morgan fingerprint density at radius 1 is 1.32 bits per heavy atom. The Kier molecular flexibility index (Phi) is 6.73. The maximum Gasteiger partial charge on any atom is 0.261 e. The quantitative estimate of drug-likeness (QED) is 0.739. The molecule has 3 nitrogen and oxygen atoms in total. The summed E-state index contributed by atoms with van der Waals surface area (Å²) in [5.74, 6) is 0.840. The summed E-state index contributed by atoms with van der Waals surface area (Å²) in [7, 11) is 3.48. The van der Waals surface area contributed by atoms with E-state index >= 15 is 0 Å². The predicted molar refractivity (Wildman–Crippen MR) is 71.0 cm³/mol. The second-order valence-corrected chi connectivity index (χ2v) is 4.32. The van der Waals surface area contributed by atoms with Crippen LogP contribution in [0.15, 0.2) is 18.2 Å². The molecular formula is C14H21F2NO2. The fourth-order valence-corrected chi connectivity index (χ4v) is 1.97. The first kappa shape index (κ1) is 15.9. The molecule has 0 radical (unpaired) electrons. The first-order valence-electron chi connectivity index (χ1n) is 6.26. The average Bonchev–Trinajstić information content (AvgIpc) is 2.38. The van der Waals surface area contributed by atoms with Gasteiger partial charge in [0.15, 0.2) is 0 Å². The van der Waals surface area contributed by atoms with Gasteiger partial charge in [0.25, 0.3) is 6.43 Å². The van der Waals surface area contributed by atoms with E-state index in [-0.39, 0.29) is 6.04 Å². The van der Waals surface area contributed by atoms with Crippen molar-refractivity contribution >= 4 is 0 Å². The number of alkyl halides is 2. The molecule has 0 heterocycles. The highest BCUT2D eigenvalue weighted by atomic mass is 19.3. The molecule has 0 saturated carbocycles. The number of rotatable bonds is 8. The maximum absolute atomic E-state index is 11.9. The summed E-state index contributed by atoms with van der Waals surface area (Å²) in [4.78, 5) is 0. The molecule has 0 aliphatic rings. The van der Waals surface area contributed by atoms with Crippen LogP contribution >= 0.6 is 0 Å². The molecule has 0 bridgehead atoms. The third-order valence-electron chi connectivity index (χ3n) is 2.96. The van der Waals surface area contributed by atoms with E-state index in [0.717, 1.165) is 16.9 Å². The van der Waals surface area contributed by atoms with E-state index in [2.05, 4.69) is 5.32 Å². The van der Waals surface area contributed by atoms with E-state index in [0.29, 0.717) is 13.0 Å². The van der Waals surface area contributed by atoms with Crippen LogP contribution in [-0.4, -0.2) is 33.8 Å². The first-order chi connectivity index (χ1) is 9.08. The smallest absolute Gasteiger partial charge is 0.261 e. The van der Waals surface area contributed by atoms with E-state index in [1.54, 1.807) is 7.11 Å². The summed E-state index contributed by atoms with van der Waals surface area (Å²) in [6.45, 7) is 1.78. The van der Waals surface area contributed by atoms with Crippen LogP contribution in [0.1, 0.15) is 23.6 Å². The molecule has 0 aromatic heterocycles. The van der Waals surface area contributed by atoms with E-state index in [4.69, 9.17) is 9.47 Å². The Morgan fingerprint density at radius 3 is 2.58 bits per heavy atom. The van der Waals surface area contributed by atoms with Gasteiger partial charge in [0.1, 0.15) is 12.4 Å². The zero-order valence-electron chi connectivity index (χ0n) is 11.6. The number of methoxy groups -OCH3 is 1. The summed E-state index contributed by atoms with van der Waals surface area (Å²) in [5, 5.41) is 3.16. The van der Waals surface area contributed by atoms with Gasteiger partial charge in [-0.15, -0.1) is 0 Å². The van der Waals surface area contributed by atoms with Gasteiger partial charge in [-0.1, -0.05) is 12.1 Å². The molecular weight excluding hydrogens is 252 g/mol. The van der Waals surface area contributed by atoms with E-state index < -0.39 is 13.0 Å². The van der Waals surface area contributed by atoms with Crippen molar-refractivity contribution in [3.05, 3.63) is 29.3 Å². The largest absolute Gasteiger partial charge is 0.496 e. The van der Waals surface area contributed by atoms with Gasteiger partial charge in [-0.2, -0.15) is 0 Å². The van der Waals surface area contributed by atoms with Gasteiger partial charge in [0.05, 0.1) is 7.11 Å². The monoisotopic (exact) mass is 273 g/mol. The van der Waals surface area contributed by atoms with Crippen molar-refractivity contribution in [1.29, 1.82) is 0 Å². The molecule has 108 valence electrons. The average molecular weight is 273 g/mol. The van der Waals surface area contributed by atoms with Crippen molar-refractivity contribution in [1.82, 2.24) is 5.32 Å². The maximum atomic E-state index is 11.9. The lowest BCUT2D eigenvalue weighted by molar-refractivity contribution is 0.0145. The summed E-state index contributed by atoms with van der Waals surface area (Å²) in [6.07, 6.45) is -1.76. The molecule has 0 amide bonds. The molecule has 1 unspecified atom stereocenters. The van der Waals surface area contributed by atoms with Gasteiger partial charge in [-0.3, -0.25) is 0 Å². The lowest BCUT2D eigenvalue weighted by Crippen LogP contribution is -2.19. The lowest BCUT2D eigenvalue weighted by Gasteiger charge is -2.18. The van der Waals surface area contributed by atoms with Crippen LogP contribution < -0.4 is 10.1 Å². The number of benzene rings is 1. The highest BCUT2D eigenvalue weighted by Gasteiger charge is 2.11. The fraction of sp³-hybridized carbons (Fsp3) is 0.571. The molecule has 19 heavy (non-hydrogen) atoms. The van der Waals surface area contributed by atoms with Crippen LogP contribution in [0.4, 0.5) is 8.78 Å². The summed E-state index contributed by atoms with van der Waals surface area (Å²) < 4.78 is 34.0. The second-order valence-electron chi connectivity index (χ2n) is 4.32. The van der Waals surface area contributed by atoms with Crippen molar-refractivity contribution in [3.63, 3.8) is 0 Å². The fourth-order valence-electron chi connectivity index (χ4n) is 1.97. The summed E-state index contributed by atoms with van der Waals surface area (Å²) in [5.41, 5.74) is 2.15. The molecule has 1 atom stereocenters. The Bertz CT molecular complexity index is 386. The highest BCUT2D eigenvalue weighted by molar-refractivity contribution is 5.37. The van der Waals surface area contributed by atoms with Gasteiger partial charge in [-0.05, 0) is 37.6 Å². The number of aryl methyl sites for hydroxylation is 1. The Hall–Kier alpha value is -1.20. The third kappa shape index (κ3) is 5.12. The minimum atomic E-state index is -2.41. The van der Waals surface area contributed by atoms with Crippen LogP contribution in [0.5, 0.6) is 5.75 Å². The Morgan fingerprint density at radius 2 is 2.05 bits per heavy atom. The SMILES string of the molecule is CNC(CCOCC(F)F)c1ccc(OC)c(C)c1. The molecule has 0 spiro atoms. The number of hydrogen-bond acceptors (Lipinski definition) is 3. The van der Waals surface area contributed by atoms with Gasteiger partial charge in [0.2, 0.25) is 0 Å². The summed E-state index contributed by atoms with van der Waals surface area (Å²) in [6, 6.07) is 6.00. The number of hydrogen-bond donors (Lipinski definition) is 1. The summed E-state index contributed by atoms with van der Waals surface area (Å²) >= 11 is 0. The number of ether oxygens (including phenoxy) is 2. The van der Waals surface area contributed by atoms with E-state index in [9.17, 15) is 8.78 Å². The van der Waals surface area contributed by atoms with Crippen LogP contribution in [-0.2, 0) is 4.74 Å². The van der Waals surface area contributed by atoms with Crippen LogP contribution in [0, 0.1) is 6.92 Å². The van der Waals surface area contributed by atoms with Crippen molar-refractivity contribution in [3.8, 4) is 5.75 Å². The minimum Gasteiger partial charge on any atom is -0.496 e. The Labute approximate surface area is 112 Å². The third-order valence-corrected chi connectivity index (χ3v) is 2.96. The molecule has 5 heteroatoms. The van der Waals surface area contributed by atoms with Crippen LogP contribution in [0.3, 0.4) is 0 Å². The van der Waals surface area contributed by atoms with Crippen molar-refractivity contribution in [2.45, 2.75) is 25.8 Å². The van der Waals surface area contributed by atoms with Gasteiger partial charge in [0, 0.05) is 12.6 Å². The topological polar surface area (TPSA) is 30.5 Å². The standard InChI is InChI=1S/C14H21F2NO2/c1-10-8-11(4-5-13(10)18-3)12(17-2)6-7-19-9-14(15)16/h4-5,8,12,14,17H,6-7,9H2,1-3H3. The molecule has 0 saturated heterocycles. The van der Waals surface area contributed by atoms with Crippen molar-refractivity contribution in [2.75, 3.05) is 27.4 Å². The molecule has 0 fully saturated rings. The normalized spacial score (nSPS) is 12.7. The van der Waals surface area contributed by atoms with Crippen LogP contribution in [0.25, 0.3) is 0 Å². The Balaban J connectivity index is 2.56. The molecule has 1 rings (SSSR count). The zero-order chi connectivity index (χ0) is 14.3. The molecule has 1 aromatic carbocycles. The first-order valence-corrected chi connectivity index (χ1v) is 6.26. The zero-order valence-corrected chi connectivity index (χ0v) is 11.6.